The summed E-state index contributed by atoms with van der Waals surface area (Å²) in [5.41, 5.74) is 1.01. The first kappa shape index (κ1) is 13.9. The van der Waals surface area contributed by atoms with Gasteiger partial charge in [0.25, 0.3) is 0 Å². The third-order valence-corrected chi connectivity index (χ3v) is 2.64. The van der Waals surface area contributed by atoms with Crippen molar-refractivity contribution >= 4 is 5.82 Å². The van der Waals surface area contributed by atoms with Gasteiger partial charge in [-0.3, -0.25) is 4.98 Å². The fraction of sp³-hybridized carbons (Fsp3) is 0.692. The molecule has 1 aromatic heterocycles. The Kier molecular flexibility index (Phi) is 6.55. The van der Waals surface area contributed by atoms with E-state index in [1.54, 1.807) is 0 Å². The van der Waals surface area contributed by atoms with Crippen LogP contribution in [-0.2, 0) is 6.54 Å². The van der Waals surface area contributed by atoms with Crippen LogP contribution in [0.25, 0.3) is 0 Å². The number of aromatic nitrogens is 2. The quantitative estimate of drug-likeness (QED) is 0.703. The van der Waals surface area contributed by atoms with E-state index >= 15 is 0 Å². The predicted octanol–water partition coefficient (Wildman–Crippen LogP) is 2.21. The van der Waals surface area contributed by atoms with Crippen LogP contribution in [0.1, 0.15) is 38.8 Å². The van der Waals surface area contributed by atoms with Crippen LogP contribution in [0.4, 0.5) is 5.82 Å². The summed E-state index contributed by atoms with van der Waals surface area (Å²) in [6.07, 6.45) is 7.20. The standard InChI is InChI=1S/C13H24N4/c1-4-6-8-17(3)13-11-15-10-12(16-13)9-14-7-5-2/h10-11,14H,4-9H2,1-3H3. The van der Waals surface area contributed by atoms with Gasteiger partial charge in [-0.25, -0.2) is 4.98 Å². The summed E-state index contributed by atoms with van der Waals surface area (Å²) in [6, 6.07) is 0. The van der Waals surface area contributed by atoms with Crippen LogP contribution in [0.3, 0.4) is 0 Å². The first-order valence-electron chi connectivity index (χ1n) is 6.50. The van der Waals surface area contributed by atoms with Crippen molar-refractivity contribution in [3.05, 3.63) is 18.1 Å². The highest BCUT2D eigenvalue weighted by molar-refractivity contribution is 5.34. The van der Waals surface area contributed by atoms with Gasteiger partial charge < -0.3 is 10.2 Å². The molecule has 0 aliphatic rings. The second kappa shape index (κ2) is 8.01. The van der Waals surface area contributed by atoms with Crippen molar-refractivity contribution in [3.8, 4) is 0 Å². The molecule has 1 aromatic rings. The maximum absolute atomic E-state index is 4.60. The molecule has 0 aliphatic heterocycles. The second-order valence-corrected chi connectivity index (χ2v) is 4.32. The van der Waals surface area contributed by atoms with Crippen LogP contribution in [0.5, 0.6) is 0 Å². The van der Waals surface area contributed by atoms with Gasteiger partial charge >= 0.3 is 0 Å². The number of hydrogen-bond acceptors (Lipinski definition) is 4. The first-order chi connectivity index (χ1) is 8.27. The Morgan fingerprint density at radius 2 is 2.06 bits per heavy atom. The molecule has 0 unspecified atom stereocenters. The Hall–Kier alpha value is -1.16. The fourth-order valence-electron chi connectivity index (χ4n) is 1.57. The molecule has 0 saturated carbocycles. The molecule has 0 amide bonds. The Labute approximate surface area is 104 Å². The fourth-order valence-corrected chi connectivity index (χ4v) is 1.57. The van der Waals surface area contributed by atoms with Gasteiger partial charge in [0.2, 0.25) is 0 Å². The molecular formula is C13H24N4. The van der Waals surface area contributed by atoms with E-state index in [4.69, 9.17) is 0 Å². The Morgan fingerprint density at radius 3 is 2.76 bits per heavy atom. The largest absolute Gasteiger partial charge is 0.358 e. The minimum Gasteiger partial charge on any atom is -0.358 e. The summed E-state index contributed by atoms with van der Waals surface area (Å²) < 4.78 is 0. The van der Waals surface area contributed by atoms with Crippen LogP contribution in [0.2, 0.25) is 0 Å². The highest BCUT2D eigenvalue weighted by atomic mass is 15.2. The lowest BCUT2D eigenvalue weighted by molar-refractivity contribution is 0.660. The predicted molar refractivity (Wildman–Crippen MR) is 72.2 cm³/mol. The van der Waals surface area contributed by atoms with E-state index in [1.807, 2.05) is 12.4 Å². The monoisotopic (exact) mass is 236 g/mol. The molecule has 1 rings (SSSR count). The molecule has 0 spiro atoms. The van der Waals surface area contributed by atoms with Gasteiger partial charge in [0, 0.05) is 26.3 Å². The van der Waals surface area contributed by atoms with Crippen LogP contribution < -0.4 is 10.2 Å². The summed E-state index contributed by atoms with van der Waals surface area (Å²) >= 11 is 0. The highest BCUT2D eigenvalue weighted by Crippen LogP contribution is 2.08. The second-order valence-electron chi connectivity index (χ2n) is 4.32. The maximum atomic E-state index is 4.60. The SMILES string of the molecule is CCCCN(C)c1cncc(CNCCC)n1. The summed E-state index contributed by atoms with van der Waals surface area (Å²) in [5.74, 6) is 0.967. The average Bonchev–Trinajstić information content (AvgIpc) is 2.36. The molecular weight excluding hydrogens is 212 g/mol. The van der Waals surface area contributed by atoms with Gasteiger partial charge in [-0.05, 0) is 19.4 Å². The zero-order valence-electron chi connectivity index (χ0n) is 11.2. The Balaban J connectivity index is 2.52. The van der Waals surface area contributed by atoms with Crippen LogP contribution >= 0.6 is 0 Å². The van der Waals surface area contributed by atoms with E-state index in [9.17, 15) is 0 Å². The minimum atomic E-state index is 0.802. The zero-order chi connectivity index (χ0) is 12.5. The number of rotatable bonds is 8. The van der Waals surface area contributed by atoms with E-state index in [2.05, 4.69) is 41.1 Å². The van der Waals surface area contributed by atoms with Crippen molar-refractivity contribution in [2.24, 2.45) is 0 Å². The molecule has 0 saturated heterocycles. The van der Waals surface area contributed by atoms with Crippen molar-refractivity contribution in [1.29, 1.82) is 0 Å². The van der Waals surface area contributed by atoms with E-state index in [0.717, 1.165) is 37.6 Å². The van der Waals surface area contributed by atoms with Gasteiger partial charge in [0.1, 0.15) is 5.82 Å². The third-order valence-electron chi connectivity index (χ3n) is 2.64. The number of hydrogen-bond donors (Lipinski definition) is 1. The van der Waals surface area contributed by atoms with Crippen molar-refractivity contribution in [3.63, 3.8) is 0 Å². The topological polar surface area (TPSA) is 41.1 Å². The maximum Gasteiger partial charge on any atom is 0.147 e. The van der Waals surface area contributed by atoms with Crippen molar-refractivity contribution in [2.75, 3.05) is 25.0 Å². The summed E-state index contributed by atoms with van der Waals surface area (Å²) in [5, 5.41) is 3.34. The smallest absolute Gasteiger partial charge is 0.147 e. The van der Waals surface area contributed by atoms with Gasteiger partial charge in [0.15, 0.2) is 0 Å². The molecule has 0 fully saturated rings. The van der Waals surface area contributed by atoms with E-state index in [0.29, 0.717) is 0 Å². The van der Waals surface area contributed by atoms with Gasteiger partial charge in [-0.2, -0.15) is 0 Å². The van der Waals surface area contributed by atoms with Crippen LogP contribution in [0, 0.1) is 0 Å². The zero-order valence-corrected chi connectivity index (χ0v) is 11.2. The summed E-state index contributed by atoms with van der Waals surface area (Å²) in [7, 11) is 2.07. The molecule has 0 bridgehead atoms. The average molecular weight is 236 g/mol. The van der Waals surface area contributed by atoms with Gasteiger partial charge in [-0.1, -0.05) is 20.3 Å². The molecule has 96 valence electrons. The highest BCUT2D eigenvalue weighted by Gasteiger charge is 2.03. The number of nitrogens with one attached hydrogen (secondary N) is 1. The van der Waals surface area contributed by atoms with Crippen LogP contribution in [0.15, 0.2) is 12.4 Å². The number of anilines is 1. The lowest BCUT2D eigenvalue weighted by Crippen LogP contribution is -2.21. The molecule has 0 atom stereocenters. The van der Waals surface area contributed by atoms with E-state index in [1.165, 1.54) is 12.8 Å². The Morgan fingerprint density at radius 1 is 1.24 bits per heavy atom. The normalized spacial score (nSPS) is 10.5. The molecule has 0 aliphatic carbocycles. The van der Waals surface area contributed by atoms with E-state index in [-0.39, 0.29) is 0 Å². The third kappa shape index (κ3) is 5.13. The number of nitrogens with zero attached hydrogens (tertiary/aromatic N) is 3. The van der Waals surface area contributed by atoms with Crippen molar-refractivity contribution in [2.45, 2.75) is 39.7 Å². The number of unbranched alkanes of at least 4 members (excludes halogenated alkanes) is 1. The van der Waals surface area contributed by atoms with Crippen molar-refractivity contribution in [1.82, 2.24) is 15.3 Å². The lowest BCUT2D eigenvalue weighted by Gasteiger charge is -2.17. The van der Waals surface area contributed by atoms with E-state index < -0.39 is 0 Å². The van der Waals surface area contributed by atoms with Crippen LogP contribution in [-0.4, -0.2) is 30.1 Å². The minimum absolute atomic E-state index is 0.802. The molecule has 4 heteroatoms. The first-order valence-corrected chi connectivity index (χ1v) is 6.50. The molecule has 17 heavy (non-hydrogen) atoms. The summed E-state index contributed by atoms with van der Waals surface area (Å²) in [4.78, 5) is 11.0. The molecule has 4 nitrogen and oxygen atoms in total. The molecule has 0 aromatic carbocycles. The molecule has 1 heterocycles. The summed E-state index contributed by atoms with van der Waals surface area (Å²) in [6.45, 7) is 7.23. The van der Waals surface area contributed by atoms with Gasteiger partial charge in [-0.15, -0.1) is 0 Å². The molecule has 1 N–H and O–H groups in total. The van der Waals surface area contributed by atoms with Crippen molar-refractivity contribution < 1.29 is 0 Å². The Bertz CT molecular complexity index is 314. The molecule has 0 radical (unpaired) electrons. The van der Waals surface area contributed by atoms with Gasteiger partial charge in [0.05, 0.1) is 11.9 Å². The lowest BCUT2D eigenvalue weighted by atomic mass is 10.3.